The Morgan fingerprint density at radius 1 is 1.47 bits per heavy atom. The number of nitrogens with zero attached hydrogens (tertiary/aromatic N) is 1. The van der Waals surface area contributed by atoms with Crippen molar-refractivity contribution in [1.29, 1.82) is 0 Å². The van der Waals surface area contributed by atoms with Crippen LogP contribution in [0.5, 0.6) is 0 Å². The molecule has 17 heavy (non-hydrogen) atoms. The van der Waals surface area contributed by atoms with Crippen molar-refractivity contribution in [3.8, 4) is 0 Å². The van der Waals surface area contributed by atoms with Crippen molar-refractivity contribution >= 4 is 11.9 Å². The summed E-state index contributed by atoms with van der Waals surface area (Å²) in [6, 6.07) is 0.185. The maximum absolute atomic E-state index is 11.1. The molecule has 1 N–H and O–H groups in total. The number of ketones is 1. The molecule has 5 heteroatoms. The molecular formula is C12H22N2O3. The van der Waals surface area contributed by atoms with Crippen LogP contribution in [0.3, 0.4) is 0 Å². The summed E-state index contributed by atoms with van der Waals surface area (Å²) in [5.41, 5.74) is 0. The van der Waals surface area contributed by atoms with E-state index < -0.39 is 0 Å². The van der Waals surface area contributed by atoms with Gasteiger partial charge in [0.25, 0.3) is 0 Å². The zero-order chi connectivity index (χ0) is 12.7. The van der Waals surface area contributed by atoms with Gasteiger partial charge in [-0.1, -0.05) is 6.92 Å². The topological polar surface area (TPSA) is 58.6 Å². The van der Waals surface area contributed by atoms with Crippen LogP contribution >= 0.6 is 0 Å². The fraction of sp³-hybridized carbons (Fsp3) is 0.833. The summed E-state index contributed by atoms with van der Waals surface area (Å²) < 4.78 is 4.56. The summed E-state index contributed by atoms with van der Waals surface area (Å²) in [5.74, 6) is 0.327. The lowest BCUT2D eigenvalue weighted by molar-refractivity contribution is -0.118. The second kappa shape index (κ2) is 7.27. The minimum atomic E-state index is -0.363. The quantitative estimate of drug-likeness (QED) is 0.759. The van der Waals surface area contributed by atoms with Crippen molar-refractivity contribution in [2.24, 2.45) is 0 Å². The monoisotopic (exact) mass is 242 g/mol. The molecule has 98 valence electrons. The van der Waals surface area contributed by atoms with E-state index in [-0.39, 0.29) is 12.1 Å². The molecule has 0 saturated carbocycles. The molecule has 1 atom stereocenters. The van der Waals surface area contributed by atoms with Crippen LogP contribution in [0.25, 0.3) is 0 Å². The highest BCUT2D eigenvalue weighted by molar-refractivity contribution is 5.77. The molecule has 0 aromatic carbocycles. The maximum Gasteiger partial charge on any atom is 0.407 e. The van der Waals surface area contributed by atoms with Gasteiger partial charge in [0.2, 0.25) is 0 Å². The number of carbonyl (C=O) groups is 2. The second-order valence-corrected chi connectivity index (χ2v) is 4.42. The van der Waals surface area contributed by atoms with Gasteiger partial charge in [-0.25, -0.2) is 4.79 Å². The van der Waals surface area contributed by atoms with E-state index in [1.54, 1.807) is 0 Å². The summed E-state index contributed by atoms with van der Waals surface area (Å²) in [7, 11) is 1.37. The van der Waals surface area contributed by atoms with Crippen LogP contribution in [-0.4, -0.2) is 49.6 Å². The van der Waals surface area contributed by atoms with Crippen molar-refractivity contribution in [3.05, 3.63) is 0 Å². The molecule has 1 saturated heterocycles. The second-order valence-electron chi connectivity index (χ2n) is 4.42. The van der Waals surface area contributed by atoms with Gasteiger partial charge in [0.05, 0.1) is 7.11 Å². The van der Waals surface area contributed by atoms with E-state index in [0.29, 0.717) is 18.6 Å². The molecule has 1 aliphatic heterocycles. The molecule has 1 aliphatic rings. The zero-order valence-electron chi connectivity index (χ0n) is 10.7. The third kappa shape index (κ3) is 5.17. The highest BCUT2D eigenvalue weighted by Gasteiger charge is 2.23. The van der Waals surface area contributed by atoms with Crippen molar-refractivity contribution in [2.45, 2.75) is 38.6 Å². The van der Waals surface area contributed by atoms with E-state index in [2.05, 4.69) is 15.0 Å². The van der Waals surface area contributed by atoms with Crippen LogP contribution in [0.1, 0.15) is 32.6 Å². The predicted octanol–water partition coefficient (Wildman–Crippen LogP) is 1.18. The molecule has 0 aromatic heterocycles. The van der Waals surface area contributed by atoms with E-state index in [0.717, 1.165) is 32.5 Å². The van der Waals surface area contributed by atoms with Crippen molar-refractivity contribution in [2.75, 3.05) is 26.7 Å². The molecule has 0 aromatic rings. The fourth-order valence-corrected chi connectivity index (χ4v) is 2.06. The van der Waals surface area contributed by atoms with Gasteiger partial charge in [0.15, 0.2) is 0 Å². The molecule has 1 fully saturated rings. The van der Waals surface area contributed by atoms with Gasteiger partial charge in [-0.05, 0) is 19.4 Å². The maximum atomic E-state index is 11.1. The zero-order valence-corrected chi connectivity index (χ0v) is 10.7. The summed E-state index contributed by atoms with van der Waals surface area (Å²) in [5, 5.41) is 2.80. The Balaban J connectivity index is 2.13. The normalized spacial score (nSPS) is 20.2. The molecule has 0 aliphatic carbocycles. The molecule has 0 radical (unpaired) electrons. The van der Waals surface area contributed by atoms with Gasteiger partial charge < -0.3 is 15.0 Å². The molecular weight excluding hydrogens is 220 g/mol. The van der Waals surface area contributed by atoms with Gasteiger partial charge in [0.1, 0.15) is 5.78 Å². The van der Waals surface area contributed by atoms with E-state index in [1.165, 1.54) is 7.11 Å². The standard InChI is InChI=1S/C12H22N2O3/c1-3-11(15)5-4-7-14-8-6-10(9-14)13-12(16)17-2/h10H,3-9H2,1-2H3,(H,13,16). The van der Waals surface area contributed by atoms with Crippen LogP contribution in [0, 0.1) is 0 Å². The third-order valence-corrected chi connectivity index (χ3v) is 3.10. The first-order chi connectivity index (χ1) is 8.15. The number of likely N-dealkylation sites (tertiary alicyclic amines) is 1. The Hall–Kier alpha value is -1.10. The van der Waals surface area contributed by atoms with E-state index in [1.807, 2.05) is 6.92 Å². The lowest BCUT2D eigenvalue weighted by Gasteiger charge is -2.15. The summed E-state index contributed by atoms with van der Waals surface area (Å²) in [6.45, 7) is 4.67. The third-order valence-electron chi connectivity index (χ3n) is 3.10. The number of amides is 1. The first kappa shape index (κ1) is 14.0. The number of Topliss-reactive ketones (excluding diaryl/α,β-unsaturated/α-hetero) is 1. The molecule has 0 spiro atoms. The molecule has 1 unspecified atom stereocenters. The lowest BCUT2D eigenvalue weighted by Crippen LogP contribution is -2.37. The predicted molar refractivity (Wildman–Crippen MR) is 64.9 cm³/mol. The van der Waals surface area contributed by atoms with Gasteiger partial charge in [-0.3, -0.25) is 4.79 Å². The van der Waals surface area contributed by atoms with Crippen molar-refractivity contribution < 1.29 is 14.3 Å². The summed E-state index contributed by atoms with van der Waals surface area (Å²) in [4.78, 5) is 24.4. The van der Waals surface area contributed by atoms with Crippen LogP contribution in [0.4, 0.5) is 4.79 Å². The number of alkyl carbamates (subject to hydrolysis) is 1. The average molecular weight is 242 g/mol. The Bertz CT molecular complexity index is 268. The van der Waals surface area contributed by atoms with Crippen LogP contribution in [-0.2, 0) is 9.53 Å². The summed E-state index contributed by atoms with van der Waals surface area (Å²) >= 11 is 0. The SMILES string of the molecule is CCC(=O)CCCN1CCC(NC(=O)OC)C1. The number of carbonyl (C=O) groups excluding carboxylic acids is 2. The minimum absolute atomic E-state index is 0.185. The minimum Gasteiger partial charge on any atom is -0.453 e. The van der Waals surface area contributed by atoms with Gasteiger partial charge in [-0.15, -0.1) is 0 Å². The molecule has 5 nitrogen and oxygen atoms in total. The Labute approximate surface area is 102 Å². The summed E-state index contributed by atoms with van der Waals surface area (Å²) in [6.07, 6.45) is 2.81. The number of hydrogen-bond acceptors (Lipinski definition) is 4. The Kier molecular flexibility index (Phi) is 5.97. The number of ether oxygens (including phenoxy) is 1. The molecule has 1 amide bonds. The highest BCUT2D eigenvalue weighted by Crippen LogP contribution is 2.10. The lowest BCUT2D eigenvalue weighted by atomic mass is 10.2. The van der Waals surface area contributed by atoms with Crippen LogP contribution in [0.2, 0.25) is 0 Å². The molecule has 1 rings (SSSR count). The fourth-order valence-electron chi connectivity index (χ4n) is 2.06. The largest absolute Gasteiger partial charge is 0.453 e. The number of hydrogen-bond donors (Lipinski definition) is 1. The van der Waals surface area contributed by atoms with Gasteiger partial charge >= 0.3 is 6.09 Å². The number of methoxy groups -OCH3 is 1. The average Bonchev–Trinajstić information content (AvgIpc) is 2.76. The number of rotatable bonds is 6. The van der Waals surface area contributed by atoms with E-state index >= 15 is 0 Å². The number of nitrogens with one attached hydrogen (secondary N) is 1. The molecule has 1 heterocycles. The first-order valence-corrected chi connectivity index (χ1v) is 6.24. The van der Waals surface area contributed by atoms with E-state index in [4.69, 9.17) is 0 Å². The van der Waals surface area contributed by atoms with Crippen molar-refractivity contribution in [3.63, 3.8) is 0 Å². The van der Waals surface area contributed by atoms with Crippen LogP contribution in [0.15, 0.2) is 0 Å². The van der Waals surface area contributed by atoms with Crippen molar-refractivity contribution in [1.82, 2.24) is 10.2 Å². The van der Waals surface area contributed by atoms with Gasteiger partial charge in [-0.2, -0.15) is 0 Å². The smallest absolute Gasteiger partial charge is 0.407 e. The van der Waals surface area contributed by atoms with Gasteiger partial charge in [0, 0.05) is 32.0 Å². The van der Waals surface area contributed by atoms with E-state index in [9.17, 15) is 9.59 Å². The van der Waals surface area contributed by atoms with Crippen LogP contribution < -0.4 is 5.32 Å². The Morgan fingerprint density at radius 2 is 2.24 bits per heavy atom. The highest BCUT2D eigenvalue weighted by atomic mass is 16.5. The first-order valence-electron chi connectivity index (χ1n) is 6.24. The Morgan fingerprint density at radius 3 is 2.88 bits per heavy atom. The molecule has 0 bridgehead atoms.